The van der Waals surface area contributed by atoms with Crippen LogP contribution < -0.4 is 4.74 Å². The highest BCUT2D eigenvalue weighted by Gasteiger charge is 2.16. The van der Waals surface area contributed by atoms with Gasteiger partial charge in [-0.05, 0) is 55.5 Å². The molecule has 2 aromatic heterocycles. The summed E-state index contributed by atoms with van der Waals surface area (Å²) < 4.78 is 16.7. The average molecular weight is 376 g/mol. The summed E-state index contributed by atoms with van der Waals surface area (Å²) in [7, 11) is 0. The van der Waals surface area contributed by atoms with Crippen molar-refractivity contribution in [1.29, 1.82) is 0 Å². The third-order valence-corrected chi connectivity index (χ3v) is 4.11. The Morgan fingerprint density at radius 3 is 2.50 bits per heavy atom. The first-order valence-corrected chi connectivity index (χ1v) is 8.83. The second-order valence-electron chi connectivity index (χ2n) is 6.18. The molecular weight excluding hydrogens is 354 g/mol. The molecule has 0 fully saturated rings. The van der Waals surface area contributed by atoms with E-state index in [4.69, 9.17) is 25.2 Å². The van der Waals surface area contributed by atoms with Crippen molar-refractivity contribution in [3.05, 3.63) is 77.1 Å². The Bertz CT molecular complexity index is 783. The Balaban J connectivity index is 1.57. The van der Waals surface area contributed by atoms with E-state index in [0.717, 1.165) is 17.3 Å². The van der Waals surface area contributed by atoms with Gasteiger partial charge in [0.05, 0.1) is 19.4 Å². The van der Waals surface area contributed by atoms with Gasteiger partial charge in [-0.25, -0.2) is 0 Å². The van der Waals surface area contributed by atoms with E-state index in [9.17, 15) is 5.11 Å². The predicted octanol–water partition coefficient (Wildman–Crippen LogP) is 4.28. The van der Waals surface area contributed by atoms with E-state index < -0.39 is 6.10 Å². The molecule has 0 saturated heterocycles. The molecule has 0 aliphatic heterocycles. The summed E-state index contributed by atoms with van der Waals surface area (Å²) in [6, 6.07) is 14.7. The summed E-state index contributed by atoms with van der Waals surface area (Å²) >= 11 is 5.86. The van der Waals surface area contributed by atoms with E-state index in [-0.39, 0.29) is 6.61 Å². The summed E-state index contributed by atoms with van der Waals surface area (Å²) in [5, 5.41) is 11.0. The van der Waals surface area contributed by atoms with Gasteiger partial charge in [-0.2, -0.15) is 0 Å². The Hall–Kier alpha value is -2.21. The third kappa shape index (κ3) is 5.66. The number of aliphatic hydroxyl groups is 1. The minimum atomic E-state index is -0.656. The van der Waals surface area contributed by atoms with E-state index in [1.165, 1.54) is 0 Å². The number of halogens is 1. The Morgan fingerprint density at radius 1 is 1.08 bits per heavy atom. The number of aryl methyl sites for hydroxylation is 1. The van der Waals surface area contributed by atoms with Crippen LogP contribution in [0.25, 0.3) is 0 Å². The Morgan fingerprint density at radius 2 is 1.85 bits per heavy atom. The number of rotatable bonds is 9. The molecule has 0 bridgehead atoms. The van der Waals surface area contributed by atoms with Crippen LogP contribution in [0.1, 0.15) is 17.3 Å². The standard InChI is InChI=1S/C20H22ClNO4/c1-15-4-7-20(26-15)13-22(12-19-3-2-10-24-19)11-17(23)14-25-18-8-5-16(21)6-9-18/h2-10,17,23H,11-14H2,1H3/t17-/m0/s1. The number of aliphatic hydroxyl groups excluding tert-OH is 1. The predicted molar refractivity (Wildman–Crippen MR) is 99.2 cm³/mol. The third-order valence-electron chi connectivity index (χ3n) is 3.86. The van der Waals surface area contributed by atoms with Crippen LogP contribution in [0.2, 0.25) is 5.02 Å². The second kappa shape index (κ2) is 8.94. The van der Waals surface area contributed by atoms with Crippen LogP contribution in [0.5, 0.6) is 5.75 Å². The summed E-state index contributed by atoms with van der Waals surface area (Å²) in [4.78, 5) is 2.06. The van der Waals surface area contributed by atoms with Crippen molar-refractivity contribution in [2.24, 2.45) is 0 Å². The summed E-state index contributed by atoms with van der Waals surface area (Å²) in [5.41, 5.74) is 0. The molecule has 0 spiro atoms. The van der Waals surface area contributed by atoms with Crippen molar-refractivity contribution in [2.45, 2.75) is 26.1 Å². The van der Waals surface area contributed by atoms with Crippen molar-refractivity contribution in [1.82, 2.24) is 4.90 Å². The zero-order chi connectivity index (χ0) is 18.4. The van der Waals surface area contributed by atoms with Crippen LogP contribution in [0, 0.1) is 6.92 Å². The molecule has 0 aliphatic carbocycles. The van der Waals surface area contributed by atoms with E-state index in [1.807, 2.05) is 31.2 Å². The molecule has 3 aromatic rings. The van der Waals surface area contributed by atoms with Gasteiger partial charge in [0.25, 0.3) is 0 Å². The molecule has 0 unspecified atom stereocenters. The van der Waals surface area contributed by atoms with Crippen molar-refractivity contribution in [2.75, 3.05) is 13.2 Å². The van der Waals surface area contributed by atoms with Crippen LogP contribution in [-0.2, 0) is 13.1 Å². The van der Waals surface area contributed by atoms with Gasteiger partial charge in [0, 0.05) is 11.6 Å². The molecule has 138 valence electrons. The van der Waals surface area contributed by atoms with Gasteiger partial charge in [-0.3, -0.25) is 4.90 Å². The second-order valence-corrected chi connectivity index (χ2v) is 6.62. The van der Waals surface area contributed by atoms with Gasteiger partial charge in [0.15, 0.2) is 0 Å². The van der Waals surface area contributed by atoms with Gasteiger partial charge in [-0.15, -0.1) is 0 Å². The van der Waals surface area contributed by atoms with E-state index in [0.29, 0.717) is 30.4 Å². The lowest BCUT2D eigenvalue weighted by molar-refractivity contribution is 0.0579. The first-order chi connectivity index (χ1) is 12.6. The molecule has 26 heavy (non-hydrogen) atoms. The van der Waals surface area contributed by atoms with Gasteiger partial charge < -0.3 is 18.7 Å². The highest BCUT2D eigenvalue weighted by molar-refractivity contribution is 6.30. The van der Waals surface area contributed by atoms with Gasteiger partial charge >= 0.3 is 0 Å². The fraction of sp³-hybridized carbons (Fsp3) is 0.300. The molecule has 1 atom stereocenters. The normalized spacial score (nSPS) is 12.5. The van der Waals surface area contributed by atoms with Crippen LogP contribution in [0.4, 0.5) is 0 Å². The molecule has 0 saturated carbocycles. The number of furan rings is 2. The fourth-order valence-corrected chi connectivity index (χ4v) is 2.80. The lowest BCUT2D eigenvalue weighted by atomic mass is 10.3. The zero-order valence-electron chi connectivity index (χ0n) is 14.6. The molecule has 0 amide bonds. The lowest BCUT2D eigenvalue weighted by Gasteiger charge is -2.23. The lowest BCUT2D eigenvalue weighted by Crippen LogP contribution is -2.34. The van der Waals surface area contributed by atoms with E-state index in [1.54, 1.807) is 30.5 Å². The van der Waals surface area contributed by atoms with Crippen molar-refractivity contribution in [3.8, 4) is 5.75 Å². The zero-order valence-corrected chi connectivity index (χ0v) is 15.4. The van der Waals surface area contributed by atoms with Crippen LogP contribution in [-0.4, -0.2) is 29.3 Å². The number of hydrogen-bond donors (Lipinski definition) is 1. The number of ether oxygens (including phenoxy) is 1. The molecule has 2 heterocycles. The number of benzene rings is 1. The Labute approximate surface area is 157 Å². The molecule has 3 rings (SSSR count). The topological polar surface area (TPSA) is 59.0 Å². The van der Waals surface area contributed by atoms with Gasteiger partial charge in [-0.1, -0.05) is 11.6 Å². The van der Waals surface area contributed by atoms with E-state index in [2.05, 4.69) is 4.90 Å². The monoisotopic (exact) mass is 375 g/mol. The molecule has 0 radical (unpaired) electrons. The fourth-order valence-electron chi connectivity index (χ4n) is 2.67. The highest BCUT2D eigenvalue weighted by atomic mass is 35.5. The number of nitrogens with zero attached hydrogens (tertiary/aromatic N) is 1. The SMILES string of the molecule is Cc1ccc(CN(Cc2ccco2)C[C@H](O)COc2ccc(Cl)cc2)o1. The molecule has 6 heteroatoms. The first kappa shape index (κ1) is 18.6. The maximum absolute atomic E-state index is 10.4. The summed E-state index contributed by atoms with van der Waals surface area (Å²) in [6.45, 7) is 3.67. The first-order valence-electron chi connectivity index (χ1n) is 8.45. The van der Waals surface area contributed by atoms with Gasteiger partial charge in [0.1, 0.15) is 35.7 Å². The van der Waals surface area contributed by atoms with E-state index >= 15 is 0 Å². The molecule has 0 aliphatic rings. The largest absolute Gasteiger partial charge is 0.491 e. The summed E-state index contributed by atoms with van der Waals surface area (Å²) in [6.07, 6.45) is 0.988. The summed E-state index contributed by atoms with van der Waals surface area (Å²) in [5.74, 6) is 3.22. The minimum absolute atomic E-state index is 0.188. The maximum atomic E-state index is 10.4. The van der Waals surface area contributed by atoms with Crippen molar-refractivity contribution < 1.29 is 18.7 Å². The van der Waals surface area contributed by atoms with Gasteiger partial charge in [0.2, 0.25) is 0 Å². The molecule has 1 aromatic carbocycles. The number of hydrogen-bond acceptors (Lipinski definition) is 5. The molecule has 5 nitrogen and oxygen atoms in total. The van der Waals surface area contributed by atoms with Crippen molar-refractivity contribution >= 4 is 11.6 Å². The molecule has 1 N–H and O–H groups in total. The average Bonchev–Trinajstić information content (AvgIpc) is 3.26. The molecular formula is C20H22ClNO4. The van der Waals surface area contributed by atoms with Crippen molar-refractivity contribution in [3.63, 3.8) is 0 Å². The van der Waals surface area contributed by atoms with Crippen LogP contribution in [0.15, 0.2) is 63.6 Å². The Kier molecular flexibility index (Phi) is 6.39. The minimum Gasteiger partial charge on any atom is -0.491 e. The highest BCUT2D eigenvalue weighted by Crippen LogP contribution is 2.17. The van der Waals surface area contributed by atoms with Crippen LogP contribution in [0.3, 0.4) is 0 Å². The quantitative estimate of drug-likeness (QED) is 0.605. The smallest absolute Gasteiger partial charge is 0.119 e. The maximum Gasteiger partial charge on any atom is 0.119 e. The van der Waals surface area contributed by atoms with Crippen LogP contribution >= 0.6 is 11.6 Å².